The van der Waals surface area contributed by atoms with E-state index < -0.39 is 0 Å². The van der Waals surface area contributed by atoms with E-state index in [1.54, 1.807) is 29.3 Å². The zero-order valence-corrected chi connectivity index (χ0v) is 10.6. The Hall–Kier alpha value is -0.390. The second-order valence-electron chi connectivity index (χ2n) is 2.65. The quantitative estimate of drug-likeness (QED) is 0.841. The lowest BCUT2D eigenvalue weighted by Crippen LogP contribution is -1.80. The number of aryl methyl sites for hydroxylation is 1. The van der Waals surface area contributed by atoms with Gasteiger partial charge in [-0.25, -0.2) is 9.97 Å². The van der Waals surface area contributed by atoms with Crippen molar-refractivity contribution in [2.24, 2.45) is 0 Å². The van der Waals surface area contributed by atoms with Crippen LogP contribution in [-0.2, 0) is 0 Å². The molecule has 0 aliphatic heterocycles. The fourth-order valence-electron chi connectivity index (χ4n) is 0.908. The lowest BCUT2D eigenvalue weighted by atomic mass is 10.5. The van der Waals surface area contributed by atoms with Crippen molar-refractivity contribution < 1.29 is 0 Å². The van der Waals surface area contributed by atoms with E-state index in [0.717, 1.165) is 19.5 Å². The fourth-order valence-corrected chi connectivity index (χ4v) is 3.13. The molecule has 2 heterocycles. The average molecular weight is 287 g/mol. The van der Waals surface area contributed by atoms with E-state index in [1.807, 2.05) is 24.4 Å². The molecule has 0 saturated heterocycles. The van der Waals surface area contributed by atoms with Crippen LogP contribution in [0, 0.1) is 6.92 Å². The van der Waals surface area contributed by atoms with E-state index in [2.05, 4.69) is 25.9 Å². The minimum Gasteiger partial charge on any atom is -0.248 e. The van der Waals surface area contributed by atoms with E-state index in [-0.39, 0.29) is 0 Å². The van der Waals surface area contributed by atoms with Crippen LogP contribution in [0.3, 0.4) is 0 Å². The van der Waals surface area contributed by atoms with Crippen LogP contribution >= 0.6 is 39.0 Å². The largest absolute Gasteiger partial charge is 0.248 e. The Kier molecular flexibility index (Phi) is 3.20. The van der Waals surface area contributed by atoms with E-state index in [0.29, 0.717) is 0 Å². The molecule has 0 amide bonds. The maximum absolute atomic E-state index is 4.37. The second kappa shape index (κ2) is 4.42. The van der Waals surface area contributed by atoms with Crippen molar-refractivity contribution in [1.29, 1.82) is 0 Å². The normalized spacial score (nSPS) is 10.4. The first-order valence-electron chi connectivity index (χ1n) is 3.96. The van der Waals surface area contributed by atoms with Gasteiger partial charge in [-0.15, -0.1) is 11.3 Å². The molecule has 0 bridgehead atoms. The molecule has 5 heteroatoms. The van der Waals surface area contributed by atoms with E-state index >= 15 is 0 Å². The van der Waals surface area contributed by atoms with Crippen molar-refractivity contribution >= 4 is 39.0 Å². The Labute approximate surface area is 98.9 Å². The number of rotatable bonds is 2. The maximum atomic E-state index is 4.37. The third-order valence-electron chi connectivity index (χ3n) is 1.51. The molecule has 0 saturated carbocycles. The van der Waals surface area contributed by atoms with Gasteiger partial charge >= 0.3 is 0 Å². The summed E-state index contributed by atoms with van der Waals surface area (Å²) in [6.45, 7) is 1.99. The summed E-state index contributed by atoms with van der Waals surface area (Å²) in [6, 6.07) is 3.89. The molecule has 2 aromatic heterocycles. The van der Waals surface area contributed by atoms with Gasteiger partial charge in [0, 0.05) is 17.3 Å². The monoisotopic (exact) mass is 286 g/mol. The highest BCUT2D eigenvalue weighted by atomic mass is 79.9. The molecule has 0 N–H and O–H groups in total. The summed E-state index contributed by atoms with van der Waals surface area (Å²) >= 11 is 6.68. The van der Waals surface area contributed by atoms with Gasteiger partial charge in [-0.3, -0.25) is 0 Å². The van der Waals surface area contributed by atoms with Crippen molar-refractivity contribution in [3.8, 4) is 0 Å². The smallest absolute Gasteiger partial charge is 0.156 e. The molecule has 0 aliphatic carbocycles. The molecule has 0 atom stereocenters. The molecule has 2 aromatic rings. The standard InChI is InChI=1S/C9H7BrN2S2/c1-6-5-13-9(12-6)14-8-7(10)3-2-4-11-8/h2-5H,1H3. The zero-order chi connectivity index (χ0) is 9.97. The third kappa shape index (κ3) is 2.34. The van der Waals surface area contributed by atoms with Crippen molar-refractivity contribution in [1.82, 2.24) is 9.97 Å². The number of halogens is 1. The summed E-state index contributed by atoms with van der Waals surface area (Å²) in [7, 11) is 0. The first kappa shape index (κ1) is 10.1. The Morgan fingerprint density at radius 2 is 2.36 bits per heavy atom. The van der Waals surface area contributed by atoms with Gasteiger partial charge in [0.25, 0.3) is 0 Å². The summed E-state index contributed by atoms with van der Waals surface area (Å²) in [5, 5.41) is 3.00. The van der Waals surface area contributed by atoms with Crippen LogP contribution < -0.4 is 0 Å². The summed E-state index contributed by atoms with van der Waals surface area (Å²) in [4.78, 5) is 8.63. The molecular formula is C9H7BrN2S2. The summed E-state index contributed by atoms with van der Waals surface area (Å²) in [5.41, 5.74) is 1.06. The third-order valence-corrected chi connectivity index (χ3v) is 4.48. The van der Waals surface area contributed by atoms with Gasteiger partial charge in [-0.1, -0.05) is 0 Å². The molecule has 0 aromatic carbocycles. The molecule has 2 rings (SSSR count). The van der Waals surface area contributed by atoms with Gasteiger partial charge in [0.05, 0.1) is 4.47 Å². The van der Waals surface area contributed by atoms with E-state index in [9.17, 15) is 0 Å². The molecule has 0 spiro atoms. The summed E-state index contributed by atoms with van der Waals surface area (Å²) in [5.74, 6) is 0. The lowest BCUT2D eigenvalue weighted by Gasteiger charge is -1.98. The van der Waals surface area contributed by atoms with Gasteiger partial charge in [-0.2, -0.15) is 0 Å². The van der Waals surface area contributed by atoms with Crippen LogP contribution in [0.4, 0.5) is 0 Å². The molecule has 2 nitrogen and oxygen atoms in total. The van der Waals surface area contributed by atoms with Crippen LogP contribution in [0.25, 0.3) is 0 Å². The molecular weight excluding hydrogens is 280 g/mol. The number of aromatic nitrogens is 2. The van der Waals surface area contributed by atoms with Gasteiger partial charge in [0.15, 0.2) is 4.34 Å². The molecule has 0 fully saturated rings. The van der Waals surface area contributed by atoms with Crippen molar-refractivity contribution in [3.63, 3.8) is 0 Å². The first-order chi connectivity index (χ1) is 6.75. The van der Waals surface area contributed by atoms with E-state index in [1.165, 1.54) is 0 Å². The highest BCUT2D eigenvalue weighted by molar-refractivity contribution is 9.10. The predicted octanol–water partition coefficient (Wildman–Crippen LogP) is 3.76. The SMILES string of the molecule is Cc1csc(Sc2ncccc2Br)n1. The van der Waals surface area contributed by atoms with Gasteiger partial charge in [0.1, 0.15) is 5.03 Å². The highest BCUT2D eigenvalue weighted by Gasteiger charge is 2.05. The maximum Gasteiger partial charge on any atom is 0.156 e. The Morgan fingerprint density at radius 3 is 3.00 bits per heavy atom. The van der Waals surface area contributed by atoms with Crippen LogP contribution in [0.2, 0.25) is 0 Å². The number of nitrogens with zero attached hydrogens (tertiary/aromatic N) is 2. The Balaban J connectivity index is 2.23. The van der Waals surface area contributed by atoms with Crippen LogP contribution in [0.5, 0.6) is 0 Å². The number of hydrogen-bond donors (Lipinski definition) is 0. The van der Waals surface area contributed by atoms with Crippen molar-refractivity contribution in [2.45, 2.75) is 16.3 Å². The topological polar surface area (TPSA) is 25.8 Å². The number of hydrogen-bond acceptors (Lipinski definition) is 4. The van der Waals surface area contributed by atoms with Crippen LogP contribution in [-0.4, -0.2) is 9.97 Å². The Morgan fingerprint density at radius 1 is 1.50 bits per heavy atom. The number of thiazole rings is 1. The Bertz CT molecular complexity index is 442. The minimum absolute atomic E-state index is 0.960. The van der Waals surface area contributed by atoms with Gasteiger partial charge in [0.2, 0.25) is 0 Å². The average Bonchev–Trinajstić information content (AvgIpc) is 2.56. The molecule has 0 radical (unpaired) electrons. The molecule has 0 aliphatic rings. The summed E-state index contributed by atoms with van der Waals surface area (Å²) < 4.78 is 2.04. The van der Waals surface area contributed by atoms with Crippen molar-refractivity contribution in [2.75, 3.05) is 0 Å². The van der Waals surface area contributed by atoms with Crippen LogP contribution in [0.15, 0.2) is 37.5 Å². The fraction of sp³-hybridized carbons (Fsp3) is 0.111. The van der Waals surface area contributed by atoms with Crippen molar-refractivity contribution in [3.05, 3.63) is 33.9 Å². The second-order valence-corrected chi connectivity index (χ2v) is 5.60. The first-order valence-corrected chi connectivity index (χ1v) is 6.45. The molecule has 0 unspecified atom stereocenters. The van der Waals surface area contributed by atoms with Gasteiger partial charge < -0.3 is 0 Å². The number of pyridine rings is 1. The zero-order valence-electron chi connectivity index (χ0n) is 7.40. The highest BCUT2D eigenvalue weighted by Crippen LogP contribution is 2.32. The lowest BCUT2D eigenvalue weighted by molar-refractivity contribution is 1.09. The molecule has 72 valence electrons. The minimum atomic E-state index is 0.960. The predicted molar refractivity (Wildman–Crippen MR) is 62.9 cm³/mol. The van der Waals surface area contributed by atoms with E-state index in [4.69, 9.17) is 0 Å². The van der Waals surface area contributed by atoms with Crippen LogP contribution in [0.1, 0.15) is 5.69 Å². The molecule has 14 heavy (non-hydrogen) atoms. The summed E-state index contributed by atoms with van der Waals surface area (Å²) in [6.07, 6.45) is 1.79. The van der Waals surface area contributed by atoms with Gasteiger partial charge in [-0.05, 0) is 46.7 Å².